The van der Waals surface area contributed by atoms with E-state index in [1.54, 1.807) is 6.07 Å². The van der Waals surface area contributed by atoms with Gasteiger partial charge in [0.15, 0.2) is 5.11 Å². The summed E-state index contributed by atoms with van der Waals surface area (Å²) < 4.78 is 0. The number of anilines is 1. The molecular weight excluding hydrogens is 334 g/mol. The molecule has 1 heterocycles. The molecule has 0 bridgehead atoms. The van der Waals surface area contributed by atoms with E-state index in [4.69, 9.17) is 12.2 Å². The fourth-order valence-electron chi connectivity index (χ4n) is 2.49. The van der Waals surface area contributed by atoms with E-state index in [-0.39, 0.29) is 6.03 Å². The Morgan fingerprint density at radius 2 is 2.00 bits per heavy atom. The molecule has 0 saturated carbocycles. The molecule has 2 amide bonds. The Labute approximate surface area is 151 Å². The number of fused-ring (bicyclic) bond motifs is 1. The molecule has 3 rings (SSSR count). The minimum absolute atomic E-state index is 0.300. The third kappa shape index (κ3) is 4.54. The predicted molar refractivity (Wildman–Crippen MR) is 104 cm³/mol. The van der Waals surface area contributed by atoms with E-state index in [0.717, 1.165) is 23.0 Å². The largest absolute Gasteiger partial charge is 0.362 e. The molecule has 128 valence electrons. The lowest BCUT2D eigenvalue weighted by atomic mass is 10.1. The maximum atomic E-state index is 12.0. The summed E-state index contributed by atoms with van der Waals surface area (Å²) in [5.41, 5.74) is 3.71. The molecule has 25 heavy (non-hydrogen) atoms. The first-order valence-corrected chi connectivity index (χ1v) is 8.37. The maximum absolute atomic E-state index is 12.0. The summed E-state index contributed by atoms with van der Waals surface area (Å²) in [5.74, 6) is 0. The van der Waals surface area contributed by atoms with Crippen molar-refractivity contribution in [3.8, 4) is 0 Å². The monoisotopic (exact) mass is 353 g/mol. The lowest BCUT2D eigenvalue weighted by molar-refractivity contribution is 0.256. The van der Waals surface area contributed by atoms with Crippen molar-refractivity contribution in [2.45, 2.75) is 13.3 Å². The fourth-order valence-corrected chi connectivity index (χ4v) is 2.69. The molecule has 0 aliphatic heterocycles. The van der Waals surface area contributed by atoms with Gasteiger partial charge in [0.05, 0.1) is 5.52 Å². The third-order valence-corrected chi connectivity index (χ3v) is 4.02. The highest BCUT2D eigenvalue weighted by Crippen LogP contribution is 2.19. The Kier molecular flexibility index (Phi) is 5.25. The molecule has 6 nitrogen and oxygen atoms in total. The van der Waals surface area contributed by atoms with E-state index in [2.05, 4.69) is 38.3 Å². The van der Waals surface area contributed by atoms with Gasteiger partial charge < -0.3 is 10.6 Å². The summed E-state index contributed by atoms with van der Waals surface area (Å²) >= 11 is 5.15. The number of hydrogen-bond acceptors (Lipinski definition) is 3. The third-order valence-electron chi connectivity index (χ3n) is 3.77. The SMILES string of the molecule is Cc1[nH]nc2ccc(NC(=O)NC(=S)NCCc3ccccc3)cc12. The molecule has 4 N–H and O–H groups in total. The zero-order valence-corrected chi connectivity index (χ0v) is 14.6. The van der Waals surface area contributed by atoms with Gasteiger partial charge in [-0.25, -0.2) is 4.79 Å². The quantitative estimate of drug-likeness (QED) is 0.543. The zero-order valence-electron chi connectivity index (χ0n) is 13.8. The number of thiocarbonyl (C=S) groups is 1. The number of hydrogen-bond donors (Lipinski definition) is 4. The Morgan fingerprint density at radius 1 is 1.20 bits per heavy atom. The molecule has 2 aromatic carbocycles. The lowest BCUT2D eigenvalue weighted by Gasteiger charge is -2.11. The van der Waals surface area contributed by atoms with Crippen molar-refractivity contribution in [3.05, 3.63) is 59.8 Å². The van der Waals surface area contributed by atoms with E-state index in [9.17, 15) is 4.79 Å². The normalized spacial score (nSPS) is 10.4. The number of aromatic nitrogens is 2. The molecule has 3 aromatic rings. The number of nitrogens with one attached hydrogen (secondary N) is 4. The molecule has 0 spiro atoms. The molecule has 7 heteroatoms. The number of carbonyl (C=O) groups is 1. The number of urea groups is 1. The van der Waals surface area contributed by atoms with Crippen LogP contribution in [0.5, 0.6) is 0 Å². The second kappa shape index (κ2) is 7.76. The molecule has 0 radical (unpaired) electrons. The number of rotatable bonds is 4. The first-order chi connectivity index (χ1) is 12.1. The van der Waals surface area contributed by atoms with Gasteiger partial charge >= 0.3 is 6.03 Å². The number of aryl methyl sites for hydroxylation is 1. The molecule has 0 aliphatic carbocycles. The zero-order chi connectivity index (χ0) is 17.6. The molecule has 0 unspecified atom stereocenters. The molecule has 0 aliphatic rings. The number of carbonyl (C=O) groups excluding carboxylic acids is 1. The van der Waals surface area contributed by atoms with E-state index in [1.807, 2.05) is 37.3 Å². The van der Waals surface area contributed by atoms with Gasteiger partial charge in [-0.3, -0.25) is 10.4 Å². The first-order valence-electron chi connectivity index (χ1n) is 7.96. The van der Waals surface area contributed by atoms with Gasteiger partial charge in [0.1, 0.15) is 0 Å². The van der Waals surface area contributed by atoms with Crippen molar-refractivity contribution in [2.75, 3.05) is 11.9 Å². The first kappa shape index (κ1) is 16.9. The highest BCUT2D eigenvalue weighted by Gasteiger charge is 2.07. The van der Waals surface area contributed by atoms with Crippen LogP contribution in [0, 0.1) is 6.92 Å². The van der Waals surface area contributed by atoms with Gasteiger partial charge in [-0.15, -0.1) is 0 Å². The Balaban J connectivity index is 1.47. The van der Waals surface area contributed by atoms with Crippen LogP contribution in [0.25, 0.3) is 10.9 Å². The van der Waals surface area contributed by atoms with Gasteiger partial charge in [-0.1, -0.05) is 30.3 Å². The van der Waals surface area contributed by atoms with Gasteiger partial charge in [0, 0.05) is 23.3 Å². The van der Waals surface area contributed by atoms with Crippen LogP contribution < -0.4 is 16.0 Å². The van der Waals surface area contributed by atoms with Crippen molar-refractivity contribution in [1.82, 2.24) is 20.8 Å². The van der Waals surface area contributed by atoms with Crippen LogP contribution in [0.15, 0.2) is 48.5 Å². The number of benzene rings is 2. The standard InChI is InChI=1S/C18H19N5OS/c1-12-15-11-14(7-8-16(15)23-22-12)20-17(24)21-18(25)19-10-9-13-5-3-2-4-6-13/h2-8,11H,9-10H2,1H3,(H,22,23)(H3,19,20,21,24,25). The molecule has 0 atom stereocenters. The highest BCUT2D eigenvalue weighted by molar-refractivity contribution is 7.80. The summed E-state index contributed by atoms with van der Waals surface area (Å²) in [4.78, 5) is 12.0. The van der Waals surface area contributed by atoms with Crippen molar-refractivity contribution in [1.29, 1.82) is 0 Å². The minimum Gasteiger partial charge on any atom is -0.362 e. The van der Waals surface area contributed by atoms with Crippen LogP contribution in [0.1, 0.15) is 11.3 Å². The topological polar surface area (TPSA) is 81.8 Å². The fraction of sp³-hybridized carbons (Fsp3) is 0.167. The van der Waals surface area contributed by atoms with Gasteiger partial charge in [0.25, 0.3) is 0 Å². The number of H-pyrrole nitrogens is 1. The lowest BCUT2D eigenvalue weighted by Crippen LogP contribution is -2.42. The second-order valence-corrected chi connectivity index (χ2v) is 6.06. The summed E-state index contributed by atoms with van der Waals surface area (Å²) in [6.45, 7) is 2.59. The average Bonchev–Trinajstić information content (AvgIpc) is 2.96. The van der Waals surface area contributed by atoms with Crippen LogP contribution in [0.2, 0.25) is 0 Å². The van der Waals surface area contributed by atoms with Crippen LogP contribution >= 0.6 is 12.2 Å². The number of nitrogens with zero attached hydrogens (tertiary/aromatic N) is 1. The average molecular weight is 353 g/mol. The predicted octanol–water partition coefficient (Wildman–Crippen LogP) is 3.11. The van der Waals surface area contributed by atoms with E-state index in [1.165, 1.54) is 5.56 Å². The maximum Gasteiger partial charge on any atom is 0.325 e. The Bertz CT molecular complexity index is 891. The van der Waals surface area contributed by atoms with Crippen molar-refractivity contribution in [3.63, 3.8) is 0 Å². The molecular formula is C18H19N5OS. The molecule has 0 saturated heterocycles. The summed E-state index contributed by atoms with van der Waals surface area (Å²) in [7, 11) is 0. The van der Waals surface area contributed by atoms with Crippen LogP contribution in [-0.2, 0) is 6.42 Å². The number of amides is 2. The summed E-state index contributed by atoms with van der Waals surface area (Å²) in [6, 6.07) is 15.2. The second-order valence-electron chi connectivity index (χ2n) is 5.65. The highest BCUT2D eigenvalue weighted by atomic mass is 32.1. The smallest absolute Gasteiger partial charge is 0.325 e. The Hall–Kier alpha value is -2.93. The van der Waals surface area contributed by atoms with Gasteiger partial charge in [-0.2, -0.15) is 5.10 Å². The van der Waals surface area contributed by atoms with Gasteiger partial charge in [-0.05, 0) is 49.3 Å². The van der Waals surface area contributed by atoms with Crippen molar-refractivity contribution >= 4 is 40.0 Å². The van der Waals surface area contributed by atoms with Crippen LogP contribution in [0.3, 0.4) is 0 Å². The van der Waals surface area contributed by atoms with Crippen molar-refractivity contribution in [2.24, 2.45) is 0 Å². The van der Waals surface area contributed by atoms with E-state index >= 15 is 0 Å². The minimum atomic E-state index is -0.377. The van der Waals surface area contributed by atoms with Crippen LogP contribution in [0.4, 0.5) is 10.5 Å². The van der Waals surface area contributed by atoms with E-state index in [0.29, 0.717) is 17.3 Å². The Morgan fingerprint density at radius 3 is 2.80 bits per heavy atom. The van der Waals surface area contributed by atoms with Crippen LogP contribution in [-0.4, -0.2) is 27.9 Å². The molecule has 0 fully saturated rings. The van der Waals surface area contributed by atoms with E-state index < -0.39 is 0 Å². The summed E-state index contributed by atoms with van der Waals surface area (Å²) in [6.07, 6.45) is 0.834. The van der Waals surface area contributed by atoms with Gasteiger partial charge in [0.2, 0.25) is 0 Å². The molecule has 1 aromatic heterocycles. The summed E-state index contributed by atoms with van der Waals surface area (Å²) in [5, 5.41) is 16.8. The number of aromatic amines is 1. The van der Waals surface area contributed by atoms with Crippen molar-refractivity contribution < 1.29 is 4.79 Å².